The lowest BCUT2D eigenvalue weighted by Crippen LogP contribution is -2.35. The van der Waals surface area contributed by atoms with Gasteiger partial charge in [0.1, 0.15) is 5.75 Å². The van der Waals surface area contributed by atoms with Gasteiger partial charge in [0.25, 0.3) is 0 Å². The SMILES string of the molecule is CC(Oc1ccccc1)N1c2ccccc2Oc2ccccc21. The molecular weight excluding hydrogens is 286 g/mol. The number of nitrogens with zero attached hydrogens (tertiary/aromatic N) is 1. The highest BCUT2D eigenvalue weighted by atomic mass is 16.5. The smallest absolute Gasteiger partial charge is 0.173 e. The molecule has 0 saturated heterocycles. The first-order valence-corrected chi connectivity index (χ1v) is 7.70. The molecule has 0 saturated carbocycles. The van der Waals surface area contributed by atoms with Gasteiger partial charge in [0.2, 0.25) is 0 Å². The first-order valence-electron chi connectivity index (χ1n) is 7.70. The zero-order chi connectivity index (χ0) is 15.6. The minimum absolute atomic E-state index is 0.163. The number of para-hydroxylation sites is 5. The molecule has 0 radical (unpaired) electrons. The molecule has 0 amide bonds. The normalized spacial score (nSPS) is 13.5. The molecule has 1 aliphatic rings. The average Bonchev–Trinajstić information content (AvgIpc) is 2.60. The van der Waals surface area contributed by atoms with Gasteiger partial charge in [-0.1, -0.05) is 42.5 Å². The number of hydrogen-bond donors (Lipinski definition) is 0. The number of benzene rings is 3. The third kappa shape index (κ3) is 2.50. The number of rotatable bonds is 3. The highest BCUT2D eigenvalue weighted by molar-refractivity contribution is 5.78. The number of ether oxygens (including phenoxy) is 2. The van der Waals surface area contributed by atoms with Crippen molar-refractivity contribution in [2.45, 2.75) is 13.2 Å². The first kappa shape index (κ1) is 13.7. The van der Waals surface area contributed by atoms with Crippen LogP contribution in [0.15, 0.2) is 78.9 Å². The second kappa shape index (κ2) is 5.69. The Morgan fingerprint density at radius 3 is 1.87 bits per heavy atom. The summed E-state index contributed by atoms with van der Waals surface area (Å²) in [5.41, 5.74) is 2.02. The van der Waals surface area contributed by atoms with Crippen molar-refractivity contribution in [3.8, 4) is 17.2 Å². The molecule has 0 spiro atoms. The maximum Gasteiger partial charge on any atom is 0.173 e. The van der Waals surface area contributed by atoms with Crippen LogP contribution in [0, 0.1) is 0 Å². The molecule has 0 bridgehead atoms. The molecule has 3 heteroatoms. The van der Waals surface area contributed by atoms with E-state index in [2.05, 4.69) is 17.0 Å². The van der Waals surface area contributed by atoms with Crippen LogP contribution in [0.1, 0.15) is 6.92 Å². The Kier molecular flexibility index (Phi) is 3.39. The Labute approximate surface area is 135 Å². The lowest BCUT2D eigenvalue weighted by molar-refractivity contribution is 0.224. The van der Waals surface area contributed by atoms with Crippen molar-refractivity contribution in [3.63, 3.8) is 0 Å². The second-order valence-electron chi connectivity index (χ2n) is 5.44. The Morgan fingerprint density at radius 1 is 0.739 bits per heavy atom. The van der Waals surface area contributed by atoms with Gasteiger partial charge in [0.05, 0.1) is 11.4 Å². The summed E-state index contributed by atoms with van der Waals surface area (Å²) in [6.45, 7) is 2.05. The average molecular weight is 303 g/mol. The van der Waals surface area contributed by atoms with Crippen LogP contribution in [0.4, 0.5) is 11.4 Å². The van der Waals surface area contributed by atoms with Crippen molar-refractivity contribution in [2.24, 2.45) is 0 Å². The van der Waals surface area contributed by atoms with Gasteiger partial charge in [-0.2, -0.15) is 0 Å². The van der Waals surface area contributed by atoms with Crippen molar-refractivity contribution in [1.82, 2.24) is 0 Å². The molecule has 23 heavy (non-hydrogen) atoms. The summed E-state index contributed by atoms with van der Waals surface area (Å²) in [6.07, 6.45) is -0.163. The molecule has 1 unspecified atom stereocenters. The van der Waals surface area contributed by atoms with E-state index in [0.717, 1.165) is 28.6 Å². The van der Waals surface area contributed by atoms with Crippen LogP contribution in [0.3, 0.4) is 0 Å². The van der Waals surface area contributed by atoms with Gasteiger partial charge in [0, 0.05) is 0 Å². The lowest BCUT2D eigenvalue weighted by atomic mass is 10.1. The van der Waals surface area contributed by atoms with E-state index in [-0.39, 0.29) is 6.23 Å². The highest BCUT2D eigenvalue weighted by Gasteiger charge is 2.28. The van der Waals surface area contributed by atoms with Crippen molar-refractivity contribution in [1.29, 1.82) is 0 Å². The summed E-state index contributed by atoms with van der Waals surface area (Å²) >= 11 is 0. The third-order valence-electron chi connectivity index (χ3n) is 3.88. The fourth-order valence-electron chi connectivity index (χ4n) is 2.87. The quantitative estimate of drug-likeness (QED) is 0.650. The van der Waals surface area contributed by atoms with Gasteiger partial charge in [-0.3, -0.25) is 4.90 Å². The maximum atomic E-state index is 6.14. The van der Waals surface area contributed by atoms with Crippen molar-refractivity contribution < 1.29 is 9.47 Å². The molecule has 0 N–H and O–H groups in total. The van der Waals surface area contributed by atoms with Crippen molar-refractivity contribution in [2.75, 3.05) is 4.90 Å². The van der Waals surface area contributed by atoms with Crippen LogP contribution in [0.25, 0.3) is 0 Å². The van der Waals surface area contributed by atoms with E-state index in [0.29, 0.717) is 0 Å². The molecule has 4 rings (SSSR count). The van der Waals surface area contributed by atoms with Gasteiger partial charge in [-0.05, 0) is 43.3 Å². The van der Waals surface area contributed by atoms with Crippen LogP contribution in [-0.4, -0.2) is 6.23 Å². The van der Waals surface area contributed by atoms with Gasteiger partial charge in [-0.15, -0.1) is 0 Å². The number of anilines is 2. The fourth-order valence-corrected chi connectivity index (χ4v) is 2.87. The van der Waals surface area contributed by atoms with E-state index >= 15 is 0 Å². The third-order valence-corrected chi connectivity index (χ3v) is 3.88. The highest BCUT2D eigenvalue weighted by Crippen LogP contribution is 2.47. The van der Waals surface area contributed by atoms with Crippen LogP contribution in [0.5, 0.6) is 17.2 Å². The first-order chi connectivity index (χ1) is 11.3. The molecular formula is C20H17NO2. The van der Waals surface area contributed by atoms with Crippen molar-refractivity contribution in [3.05, 3.63) is 78.9 Å². The molecule has 0 aromatic heterocycles. The molecule has 114 valence electrons. The van der Waals surface area contributed by atoms with Crippen molar-refractivity contribution >= 4 is 11.4 Å². The summed E-state index contributed by atoms with van der Waals surface area (Å²) < 4.78 is 12.1. The Morgan fingerprint density at radius 2 is 1.26 bits per heavy atom. The summed E-state index contributed by atoms with van der Waals surface area (Å²) in [6, 6.07) is 25.9. The molecule has 3 aromatic carbocycles. The largest absolute Gasteiger partial charge is 0.470 e. The number of hydrogen-bond acceptors (Lipinski definition) is 3. The standard InChI is InChI=1S/C20H17NO2/c1-15(22-16-9-3-2-4-10-16)21-17-11-5-7-13-19(17)23-20-14-8-6-12-18(20)21/h2-15H,1H3. The van der Waals surface area contributed by atoms with E-state index in [1.54, 1.807) is 0 Å². The minimum atomic E-state index is -0.163. The predicted molar refractivity (Wildman–Crippen MR) is 91.6 cm³/mol. The number of fused-ring (bicyclic) bond motifs is 2. The molecule has 1 heterocycles. The second-order valence-corrected chi connectivity index (χ2v) is 5.44. The minimum Gasteiger partial charge on any atom is -0.470 e. The zero-order valence-electron chi connectivity index (χ0n) is 12.8. The molecule has 3 aromatic rings. The Bertz CT molecular complexity index is 771. The van der Waals surface area contributed by atoms with Crippen LogP contribution in [0.2, 0.25) is 0 Å². The van der Waals surface area contributed by atoms with E-state index in [1.165, 1.54) is 0 Å². The Balaban J connectivity index is 1.75. The van der Waals surface area contributed by atoms with Crippen LogP contribution < -0.4 is 14.4 Å². The molecule has 0 fully saturated rings. The van der Waals surface area contributed by atoms with Crippen LogP contribution in [-0.2, 0) is 0 Å². The fraction of sp³-hybridized carbons (Fsp3) is 0.100. The van der Waals surface area contributed by atoms with Gasteiger partial charge in [0.15, 0.2) is 17.7 Å². The maximum absolute atomic E-state index is 6.14. The van der Waals surface area contributed by atoms with E-state index in [4.69, 9.17) is 9.47 Å². The molecule has 1 atom stereocenters. The lowest BCUT2D eigenvalue weighted by Gasteiger charge is -2.36. The zero-order valence-corrected chi connectivity index (χ0v) is 12.8. The van der Waals surface area contributed by atoms with Gasteiger partial charge >= 0.3 is 0 Å². The van der Waals surface area contributed by atoms with E-state index in [1.807, 2.05) is 73.7 Å². The Hall–Kier alpha value is -2.94. The molecule has 0 aliphatic carbocycles. The summed E-state index contributed by atoms with van der Waals surface area (Å²) in [5.74, 6) is 2.53. The van der Waals surface area contributed by atoms with Gasteiger partial charge < -0.3 is 9.47 Å². The van der Waals surface area contributed by atoms with E-state index in [9.17, 15) is 0 Å². The summed E-state index contributed by atoms with van der Waals surface area (Å²) in [5, 5.41) is 0. The molecule has 3 nitrogen and oxygen atoms in total. The van der Waals surface area contributed by atoms with Crippen LogP contribution >= 0.6 is 0 Å². The van der Waals surface area contributed by atoms with Gasteiger partial charge in [-0.25, -0.2) is 0 Å². The monoisotopic (exact) mass is 303 g/mol. The summed E-state index contributed by atoms with van der Waals surface area (Å²) in [7, 11) is 0. The predicted octanol–water partition coefficient (Wildman–Crippen LogP) is 5.36. The van der Waals surface area contributed by atoms with E-state index < -0.39 is 0 Å². The topological polar surface area (TPSA) is 21.7 Å². The molecule has 1 aliphatic heterocycles. The summed E-state index contributed by atoms with van der Waals surface area (Å²) in [4.78, 5) is 2.17.